The summed E-state index contributed by atoms with van der Waals surface area (Å²) >= 11 is 0. The number of rotatable bonds is 4. The fraction of sp³-hybridized carbons (Fsp3) is 0.833. The lowest BCUT2D eigenvalue weighted by Gasteiger charge is -1.98. The van der Waals surface area contributed by atoms with E-state index in [9.17, 15) is 4.79 Å². The molecule has 0 aliphatic heterocycles. The van der Waals surface area contributed by atoms with E-state index in [2.05, 4.69) is 0 Å². The van der Waals surface area contributed by atoms with Crippen LogP contribution in [0.25, 0.3) is 0 Å². The minimum absolute atomic E-state index is 0.148. The van der Waals surface area contributed by atoms with Gasteiger partial charge in [-0.3, -0.25) is 0 Å². The molecule has 0 radical (unpaired) electrons. The molecule has 8 heavy (non-hydrogen) atoms. The highest BCUT2D eigenvalue weighted by Crippen LogP contribution is 1.95. The summed E-state index contributed by atoms with van der Waals surface area (Å²) < 4.78 is 4.76. The normalized spacial score (nSPS) is 13.2. The molecule has 0 aliphatic rings. The molecular weight excluding hydrogens is 104 g/mol. The number of hydrogen-bond acceptors (Lipinski definition) is 2. The van der Waals surface area contributed by atoms with Crippen LogP contribution in [0.15, 0.2) is 0 Å². The van der Waals surface area contributed by atoms with Crippen molar-refractivity contribution in [3.63, 3.8) is 0 Å². The molecule has 0 bridgehead atoms. The van der Waals surface area contributed by atoms with Crippen molar-refractivity contribution in [2.24, 2.45) is 5.92 Å². The van der Waals surface area contributed by atoms with Gasteiger partial charge < -0.3 is 9.53 Å². The van der Waals surface area contributed by atoms with Gasteiger partial charge in [-0.25, -0.2) is 0 Å². The van der Waals surface area contributed by atoms with Crippen LogP contribution in [0.2, 0.25) is 0 Å². The Morgan fingerprint density at radius 1 is 1.75 bits per heavy atom. The molecule has 2 nitrogen and oxygen atoms in total. The third-order valence-corrected chi connectivity index (χ3v) is 1.01. The predicted octanol–water partition coefficient (Wildman–Crippen LogP) is 0.858. The second kappa shape index (κ2) is 4.78. The van der Waals surface area contributed by atoms with Crippen LogP contribution in [0.1, 0.15) is 13.3 Å². The number of carbonyl (C=O) groups is 1. The van der Waals surface area contributed by atoms with Crippen molar-refractivity contribution in [1.82, 2.24) is 0 Å². The Labute approximate surface area is 49.8 Å². The summed E-state index contributed by atoms with van der Waals surface area (Å²) in [6.07, 6.45) is 1.78. The molecule has 0 amide bonds. The molecule has 0 spiro atoms. The Hall–Kier alpha value is -0.370. The van der Waals surface area contributed by atoms with Gasteiger partial charge in [0.05, 0.1) is 0 Å². The maximum atomic E-state index is 9.96. The average molecular weight is 116 g/mol. The summed E-state index contributed by atoms with van der Waals surface area (Å²) in [6, 6.07) is 0. The average Bonchev–Trinajstić information content (AvgIpc) is 1.83. The largest absolute Gasteiger partial charge is 0.385 e. The molecule has 0 aromatic rings. The molecule has 0 aromatic heterocycles. The minimum atomic E-state index is 0.148. The SMILES string of the molecule is COCC[C@H](C)C=O. The molecule has 0 N–H and O–H groups in total. The zero-order valence-electron chi connectivity index (χ0n) is 5.39. The third-order valence-electron chi connectivity index (χ3n) is 1.01. The van der Waals surface area contributed by atoms with E-state index in [1.165, 1.54) is 0 Å². The molecule has 0 saturated heterocycles. The van der Waals surface area contributed by atoms with Crippen LogP contribution in [0, 0.1) is 5.92 Å². The van der Waals surface area contributed by atoms with Crippen molar-refractivity contribution in [2.75, 3.05) is 13.7 Å². The van der Waals surface area contributed by atoms with Crippen molar-refractivity contribution in [1.29, 1.82) is 0 Å². The van der Waals surface area contributed by atoms with E-state index in [4.69, 9.17) is 4.74 Å². The number of carbonyl (C=O) groups excluding carboxylic acids is 1. The van der Waals surface area contributed by atoms with E-state index in [1.807, 2.05) is 6.92 Å². The van der Waals surface area contributed by atoms with Gasteiger partial charge in [0.1, 0.15) is 6.29 Å². The zero-order chi connectivity index (χ0) is 6.41. The van der Waals surface area contributed by atoms with Gasteiger partial charge in [0, 0.05) is 19.6 Å². The van der Waals surface area contributed by atoms with Gasteiger partial charge in [0.2, 0.25) is 0 Å². The lowest BCUT2D eigenvalue weighted by molar-refractivity contribution is -0.111. The molecule has 0 heterocycles. The lowest BCUT2D eigenvalue weighted by atomic mass is 10.1. The van der Waals surface area contributed by atoms with E-state index < -0.39 is 0 Å². The van der Waals surface area contributed by atoms with Crippen LogP contribution in [0.5, 0.6) is 0 Å². The molecule has 0 unspecified atom stereocenters. The quantitative estimate of drug-likeness (QED) is 0.509. The van der Waals surface area contributed by atoms with Crippen LogP contribution in [0.3, 0.4) is 0 Å². The van der Waals surface area contributed by atoms with Crippen LogP contribution < -0.4 is 0 Å². The van der Waals surface area contributed by atoms with Crippen molar-refractivity contribution in [2.45, 2.75) is 13.3 Å². The van der Waals surface area contributed by atoms with E-state index >= 15 is 0 Å². The fourth-order valence-corrected chi connectivity index (χ4v) is 0.372. The van der Waals surface area contributed by atoms with Crippen molar-refractivity contribution in [3.05, 3.63) is 0 Å². The molecule has 0 aliphatic carbocycles. The molecule has 0 aromatic carbocycles. The van der Waals surface area contributed by atoms with Crippen LogP contribution in [-0.2, 0) is 9.53 Å². The van der Waals surface area contributed by atoms with Crippen LogP contribution in [-0.4, -0.2) is 20.0 Å². The highest BCUT2D eigenvalue weighted by molar-refractivity contribution is 5.52. The van der Waals surface area contributed by atoms with E-state index in [0.717, 1.165) is 12.7 Å². The van der Waals surface area contributed by atoms with Gasteiger partial charge in [0.25, 0.3) is 0 Å². The Balaban J connectivity index is 2.98. The lowest BCUT2D eigenvalue weighted by Crippen LogP contribution is -1.99. The second-order valence-corrected chi connectivity index (χ2v) is 1.89. The Bertz CT molecular complexity index is 61.5. The topological polar surface area (TPSA) is 26.3 Å². The number of methoxy groups -OCH3 is 1. The van der Waals surface area contributed by atoms with E-state index in [0.29, 0.717) is 6.61 Å². The first-order valence-electron chi connectivity index (χ1n) is 2.75. The maximum absolute atomic E-state index is 9.96. The monoisotopic (exact) mass is 116 g/mol. The molecule has 0 saturated carbocycles. The van der Waals surface area contributed by atoms with Gasteiger partial charge >= 0.3 is 0 Å². The van der Waals surface area contributed by atoms with Crippen LogP contribution >= 0.6 is 0 Å². The summed E-state index contributed by atoms with van der Waals surface area (Å²) in [4.78, 5) is 9.96. The molecule has 0 fully saturated rings. The standard InChI is InChI=1S/C6H12O2/c1-6(5-7)3-4-8-2/h5-6H,3-4H2,1-2H3/t6-/m0/s1. The van der Waals surface area contributed by atoms with Gasteiger partial charge in [-0.2, -0.15) is 0 Å². The Kier molecular flexibility index (Phi) is 4.56. The summed E-state index contributed by atoms with van der Waals surface area (Å²) in [6.45, 7) is 2.56. The van der Waals surface area contributed by atoms with Crippen molar-refractivity contribution >= 4 is 6.29 Å². The summed E-state index contributed by atoms with van der Waals surface area (Å²) in [7, 11) is 1.64. The Morgan fingerprint density at radius 2 is 2.38 bits per heavy atom. The van der Waals surface area contributed by atoms with Gasteiger partial charge in [-0.15, -0.1) is 0 Å². The highest BCUT2D eigenvalue weighted by atomic mass is 16.5. The first-order valence-corrected chi connectivity index (χ1v) is 2.75. The first-order chi connectivity index (χ1) is 3.81. The summed E-state index contributed by atoms with van der Waals surface area (Å²) in [5, 5.41) is 0. The van der Waals surface area contributed by atoms with E-state index in [1.54, 1.807) is 7.11 Å². The summed E-state index contributed by atoms with van der Waals surface area (Å²) in [5.41, 5.74) is 0. The third kappa shape index (κ3) is 3.81. The molecule has 1 atom stereocenters. The molecule has 48 valence electrons. The van der Waals surface area contributed by atoms with Crippen molar-refractivity contribution < 1.29 is 9.53 Å². The van der Waals surface area contributed by atoms with Gasteiger partial charge in [-0.05, 0) is 6.42 Å². The Morgan fingerprint density at radius 3 is 2.75 bits per heavy atom. The zero-order valence-corrected chi connectivity index (χ0v) is 5.39. The second-order valence-electron chi connectivity index (χ2n) is 1.89. The first kappa shape index (κ1) is 7.63. The highest BCUT2D eigenvalue weighted by Gasteiger charge is 1.95. The van der Waals surface area contributed by atoms with Gasteiger partial charge in [-0.1, -0.05) is 6.92 Å². The predicted molar refractivity (Wildman–Crippen MR) is 31.7 cm³/mol. The number of ether oxygens (including phenoxy) is 1. The van der Waals surface area contributed by atoms with Gasteiger partial charge in [0.15, 0.2) is 0 Å². The van der Waals surface area contributed by atoms with Crippen molar-refractivity contribution in [3.8, 4) is 0 Å². The molecule has 2 heteroatoms. The molecular formula is C6H12O2. The van der Waals surface area contributed by atoms with E-state index in [-0.39, 0.29) is 5.92 Å². The number of aldehydes is 1. The minimum Gasteiger partial charge on any atom is -0.385 e. The number of hydrogen-bond donors (Lipinski definition) is 0. The maximum Gasteiger partial charge on any atom is 0.122 e. The fourth-order valence-electron chi connectivity index (χ4n) is 0.372. The molecule has 0 rings (SSSR count). The van der Waals surface area contributed by atoms with Crippen LogP contribution in [0.4, 0.5) is 0 Å². The summed E-state index contributed by atoms with van der Waals surface area (Å²) in [5.74, 6) is 0.148. The smallest absolute Gasteiger partial charge is 0.122 e.